The molecule has 1 aromatic carbocycles. The summed E-state index contributed by atoms with van der Waals surface area (Å²) in [7, 11) is 0. The molecule has 2 aliphatic rings. The smallest absolute Gasteiger partial charge is 0.247 e. The van der Waals surface area contributed by atoms with Gasteiger partial charge in [0.2, 0.25) is 5.95 Å². The average molecular weight is 391 g/mol. The summed E-state index contributed by atoms with van der Waals surface area (Å²) in [5, 5.41) is 7.78. The maximum Gasteiger partial charge on any atom is 0.247 e. The van der Waals surface area contributed by atoms with Crippen LogP contribution in [0.1, 0.15) is 18.4 Å². The van der Waals surface area contributed by atoms with Crippen molar-refractivity contribution in [2.45, 2.75) is 19.8 Å². The van der Waals surface area contributed by atoms with Crippen molar-refractivity contribution in [3.8, 4) is 5.82 Å². The molecule has 150 valence electrons. The zero-order valence-corrected chi connectivity index (χ0v) is 16.5. The normalized spacial score (nSPS) is 17.9. The minimum Gasteiger partial charge on any atom is -0.381 e. The van der Waals surface area contributed by atoms with E-state index in [-0.39, 0.29) is 0 Å². The van der Waals surface area contributed by atoms with Crippen LogP contribution in [-0.4, -0.2) is 51.0 Å². The van der Waals surface area contributed by atoms with Crippen molar-refractivity contribution in [2.75, 3.05) is 36.5 Å². The number of nitrogens with one attached hydrogen (secondary N) is 1. The molecule has 0 radical (unpaired) electrons. The molecule has 0 aliphatic carbocycles. The van der Waals surface area contributed by atoms with E-state index >= 15 is 0 Å². The molecule has 0 atom stereocenters. The third-order valence-corrected chi connectivity index (χ3v) is 5.83. The maximum absolute atomic E-state index is 5.37. The Kier molecular flexibility index (Phi) is 4.85. The lowest BCUT2D eigenvalue weighted by Crippen LogP contribution is -2.42. The number of aromatic nitrogens is 5. The van der Waals surface area contributed by atoms with Crippen molar-refractivity contribution in [2.24, 2.45) is 11.8 Å². The Balaban J connectivity index is 1.28. The molecule has 0 amide bonds. The molecule has 29 heavy (non-hydrogen) atoms. The van der Waals surface area contributed by atoms with E-state index in [1.165, 1.54) is 24.1 Å². The van der Waals surface area contributed by atoms with Crippen LogP contribution in [0.5, 0.6) is 0 Å². The lowest BCUT2D eigenvalue weighted by molar-refractivity contribution is -0.0650. The number of hydrogen-bond acceptors (Lipinski definition) is 7. The molecule has 1 N–H and O–H groups in total. The van der Waals surface area contributed by atoms with Crippen LogP contribution in [-0.2, 0) is 4.74 Å². The zero-order chi connectivity index (χ0) is 19.6. The van der Waals surface area contributed by atoms with Crippen LogP contribution in [0, 0.1) is 18.8 Å². The minimum atomic E-state index is 0.538. The van der Waals surface area contributed by atoms with Crippen molar-refractivity contribution < 1.29 is 4.74 Å². The van der Waals surface area contributed by atoms with Gasteiger partial charge >= 0.3 is 0 Å². The number of benzene rings is 1. The van der Waals surface area contributed by atoms with Gasteiger partial charge in [-0.25, -0.2) is 4.98 Å². The van der Waals surface area contributed by atoms with Crippen LogP contribution in [0.15, 0.2) is 43.1 Å². The topological polar surface area (TPSA) is 81.0 Å². The summed E-state index contributed by atoms with van der Waals surface area (Å²) >= 11 is 0. The van der Waals surface area contributed by atoms with Gasteiger partial charge in [0, 0.05) is 42.8 Å². The molecule has 4 heterocycles. The first-order chi connectivity index (χ1) is 14.2. The minimum absolute atomic E-state index is 0.538. The highest BCUT2D eigenvalue weighted by Crippen LogP contribution is 2.33. The highest BCUT2D eigenvalue weighted by atomic mass is 16.5. The second kappa shape index (κ2) is 7.79. The highest BCUT2D eigenvalue weighted by molar-refractivity contribution is 5.64. The zero-order valence-electron chi connectivity index (χ0n) is 16.5. The van der Waals surface area contributed by atoms with E-state index in [2.05, 4.69) is 55.4 Å². The molecular formula is C21H25N7O. The molecule has 0 unspecified atom stereocenters. The third-order valence-electron chi connectivity index (χ3n) is 5.83. The van der Waals surface area contributed by atoms with Gasteiger partial charge in [-0.3, -0.25) is 4.98 Å². The number of ether oxygens (including phenoxy) is 1. The Bertz CT molecular complexity index is 962. The Morgan fingerprint density at radius 1 is 1.03 bits per heavy atom. The number of rotatable bonds is 5. The van der Waals surface area contributed by atoms with E-state index < -0.39 is 0 Å². The molecule has 0 bridgehead atoms. The fraction of sp³-hybridized carbons (Fsp3) is 0.429. The summed E-state index contributed by atoms with van der Waals surface area (Å²) in [5.41, 5.74) is 3.46. The molecule has 2 saturated heterocycles. The van der Waals surface area contributed by atoms with Crippen LogP contribution < -0.4 is 10.2 Å². The second-order valence-corrected chi connectivity index (χ2v) is 7.88. The van der Waals surface area contributed by atoms with Crippen LogP contribution in [0.4, 0.5) is 17.3 Å². The van der Waals surface area contributed by atoms with Crippen molar-refractivity contribution in [3.63, 3.8) is 0 Å². The standard InChI is InChI=1S/C21H25N7O/c1-15-8-18(25-21-24-14-28(26-21)20-11-22-4-5-23-20)10-19(9-15)27-6-2-16(3-7-27)17-12-29-13-17/h4-5,8-11,14,16-17H,2-3,6-7,12-13H2,1H3,(H,25,26). The average Bonchev–Trinajstić information content (AvgIpc) is 3.16. The summed E-state index contributed by atoms with van der Waals surface area (Å²) in [6, 6.07) is 6.55. The summed E-state index contributed by atoms with van der Waals surface area (Å²) in [4.78, 5) is 15.2. The number of aryl methyl sites for hydroxylation is 1. The van der Waals surface area contributed by atoms with Crippen molar-refractivity contribution in [1.29, 1.82) is 0 Å². The van der Waals surface area contributed by atoms with Crippen LogP contribution in [0.2, 0.25) is 0 Å². The molecular weight excluding hydrogens is 366 g/mol. The molecule has 0 spiro atoms. The van der Waals surface area contributed by atoms with Gasteiger partial charge < -0.3 is 15.0 Å². The maximum atomic E-state index is 5.37. The molecule has 3 aromatic rings. The first kappa shape index (κ1) is 18.1. The first-order valence-electron chi connectivity index (χ1n) is 10.1. The molecule has 8 nitrogen and oxygen atoms in total. The van der Waals surface area contributed by atoms with Gasteiger partial charge in [-0.15, -0.1) is 5.10 Å². The van der Waals surface area contributed by atoms with E-state index in [0.29, 0.717) is 11.8 Å². The quantitative estimate of drug-likeness (QED) is 0.716. The Hall–Kier alpha value is -3.00. The number of nitrogens with zero attached hydrogens (tertiary/aromatic N) is 6. The van der Waals surface area contributed by atoms with Crippen molar-refractivity contribution in [1.82, 2.24) is 24.7 Å². The second-order valence-electron chi connectivity index (χ2n) is 7.88. The van der Waals surface area contributed by atoms with E-state index in [1.54, 1.807) is 29.6 Å². The Morgan fingerprint density at radius 2 is 1.90 bits per heavy atom. The highest BCUT2D eigenvalue weighted by Gasteiger charge is 2.31. The van der Waals surface area contributed by atoms with Crippen molar-refractivity contribution in [3.05, 3.63) is 48.7 Å². The van der Waals surface area contributed by atoms with Gasteiger partial charge in [-0.05, 0) is 49.4 Å². The molecule has 2 aromatic heterocycles. The van der Waals surface area contributed by atoms with Gasteiger partial charge in [0.05, 0.1) is 19.4 Å². The van der Waals surface area contributed by atoms with Crippen molar-refractivity contribution >= 4 is 17.3 Å². The summed E-state index contributed by atoms with van der Waals surface area (Å²) in [6.07, 6.45) is 9.05. The number of hydrogen-bond donors (Lipinski definition) is 1. The molecule has 2 fully saturated rings. The van der Waals surface area contributed by atoms with Gasteiger partial charge in [-0.1, -0.05) is 0 Å². The summed E-state index contributed by atoms with van der Waals surface area (Å²) in [6.45, 7) is 6.24. The first-order valence-corrected chi connectivity index (χ1v) is 10.1. The van der Waals surface area contributed by atoms with E-state index in [4.69, 9.17) is 4.74 Å². The molecule has 5 rings (SSSR count). The SMILES string of the molecule is Cc1cc(Nc2ncn(-c3cnccn3)n2)cc(N2CCC(C3COC3)CC2)c1. The molecule has 0 saturated carbocycles. The van der Waals surface area contributed by atoms with Gasteiger partial charge in [-0.2, -0.15) is 9.67 Å². The van der Waals surface area contributed by atoms with Gasteiger partial charge in [0.15, 0.2) is 5.82 Å². The lowest BCUT2D eigenvalue weighted by Gasteiger charge is -2.40. The molecule has 2 aliphatic heterocycles. The fourth-order valence-corrected chi connectivity index (χ4v) is 4.14. The predicted molar refractivity (Wildman–Crippen MR) is 111 cm³/mol. The fourth-order valence-electron chi connectivity index (χ4n) is 4.14. The number of anilines is 3. The van der Waals surface area contributed by atoms with Crippen LogP contribution in [0.3, 0.4) is 0 Å². The van der Waals surface area contributed by atoms with Gasteiger partial charge in [0.1, 0.15) is 6.33 Å². The predicted octanol–water partition coefficient (Wildman–Crippen LogP) is 2.97. The van der Waals surface area contributed by atoms with E-state index in [9.17, 15) is 0 Å². The van der Waals surface area contributed by atoms with Crippen LogP contribution >= 0.6 is 0 Å². The Labute approximate surface area is 170 Å². The molecule has 8 heteroatoms. The monoisotopic (exact) mass is 391 g/mol. The van der Waals surface area contributed by atoms with E-state index in [0.717, 1.165) is 43.8 Å². The Morgan fingerprint density at radius 3 is 2.62 bits per heavy atom. The van der Waals surface area contributed by atoms with Crippen LogP contribution in [0.25, 0.3) is 5.82 Å². The third kappa shape index (κ3) is 3.93. The van der Waals surface area contributed by atoms with E-state index in [1.807, 2.05) is 0 Å². The summed E-state index contributed by atoms with van der Waals surface area (Å²) < 4.78 is 6.99. The number of piperidine rings is 1. The largest absolute Gasteiger partial charge is 0.381 e. The summed E-state index contributed by atoms with van der Waals surface area (Å²) in [5.74, 6) is 2.77. The lowest BCUT2D eigenvalue weighted by atomic mass is 9.83. The van der Waals surface area contributed by atoms with Gasteiger partial charge in [0.25, 0.3) is 0 Å².